The third kappa shape index (κ3) is 5.04. The lowest BCUT2D eigenvalue weighted by atomic mass is 10.1. The fourth-order valence-electron chi connectivity index (χ4n) is 3.56. The van der Waals surface area contributed by atoms with E-state index in [9.17, 15) is 0 Å². The summed E-state index contributed by atoms with van der Waals surface area (Å²) in [5, 5.41) is 6.90. The topological polar surface area (TPSA) is 67.4 Å². The van der Waals surface area contributed by atoms with Crippen molar-refractivity contribution in [2.45, 2.75) is 19.0 Å². The highest BCUT2D eigenvalue weighted by molar-refractivity contribution is 5.80. The quantitative estimate of drug-likeness (QED) is 0.552. The first-order chi connectivity index (χ1) is 14.2. The summed E-state index contributed by atoms with van der Waals surface area (Å²) in [4.78, 5) is 6.77. The largest absolute Gasteiger partial charge is 0.496 e. The van der Waals surface area contributed by atoms with Crippen LogP contribution in [0.15, 0.2) is 47.5 Å². The van der Waals surface area contributed by atoms with Gasteiger partial charge in [-0.1, -0.05) is 18.2 Å². The average molecular weight is 399 g/mol. The molecule has 3 rings (SSSR count). The van der Waals surface area contributed by atoms with E-state index in [0.29, 0.717) is 29.8 Å². The van der Waals surface area contributed by atoms with Crippen molar-refractivity contribution < 1.29 is 14.2 Å². The van der Waals surface area contributed by atoms with Crippen LogP contribution in [0.3, 0.4) is 0 Å². The Hall–Kier alpha value is -3.09. The number of methoxy groups -OCH3 is 3. The molecule has 2 aromatic rings. The van der Waals surface area contributed by atoms with Gasteiger partial charge in [0.1, 0.15) is 17.2 Å². The van der Waals surface area contributed by atoms with Crippen molar-refractivity contribution in [1.29, 1.82) is 0 Å². The van der Waals surface area contributed by atoms with Crippen LogP contribution >= 0.6 is 0 Å². The zero-order valence-electron chi connectivity index (χ0n) is 17.6. The third-order valence-corrected chi connectivity index (χ3v) is 5.12. The molecule has 1 heterocycles. The van der Waals surface area contributed by atoms with Gasteiger partial charge in [0.05, 0.1) is 33.4 Å². The molecule has 1 aliphatic rings. The maximum absolute atomic E-state index is 5.53. The molecule has 1 saturated heterocycles. The number of hydrogen-bond acceptors (Lipinski definition) is 5. The van der Waals surface area contributed by atoms with Gasteiger partial charge in [0.2, 0.25) is 0 Å². The van der Waals surface area contributed by atoms with Crippen LogP contribution in [0.2, 0.25) is 0 Å². The lowest BCUT2D eigenvalue weighted by Gasteiger charge is -2.21. The number of ether oxygens (including phenoxy) is 3. The molecule has 0 amide bonds. The van der Waals surface area contributed by atoms with Gasteiger partial charge in [-0.15, -0.1) is 0 Å². The van der Waals surface area contributed by atoms with E-state index in [1.54, 1.807) is 28.4 Å². The van der Waals surface area contributed by atoms with E-state index in [1.807, 2.05) is 18.2 Å². The van der Waals surface area contributed by atoms with E-state index < -0.39 is 0 Å². The fourth-order valence-corrected chi connectivity index (χ4v) is 3.56. The van der Waals surface area contributed by atoms with Crippen molar-refractivity contribution in [1.82, 2.24) is 10.6 Å². The molecule has 29 heavy (non-hydrogen) atoms. The maximum Gasteiger partial charge on any atom is 0.191 e. The van der Waals surface area contributed by atoms with Gasteiger partial charge in [-0.05, 0) is 18.6 Å². The van der Waals surface area contributed by atoms with Gasteiger partial charge in [-0.25, -0.2) is 0 Å². The molecular formula is C22H30N4O3. The van der Waals surface area contributed by atoms with Crippen LogP contribution in [0.1, 0.15) is 12.0 Å². The highest BCUT2D eigenvalue weighted by Gasteiger charge is 2.23. The molecule has 0 aromatic heterocycles. The van der Waals surface area contributed by atoms with Crippen LogP contribution < -0.4 is 29.7 Å². The molecule has 7 nitrogen and oxygen atoms in total. The van der Waals surface area contributed by atoms with E-state index in [1.165, 1.54) is 5.69 Å². The second-order valence-corrected chi connectivity index (χ2v) is 6.85. The van der Waals surface area contributed by atoms with Gasteiger partial charge in [0.25, 0.3) is 0 Å². The Kier molecular flexibility index (Phi) is 7.05. The molecule has 0 bridgehead atoms. The lowest BCUT2D eigenvalue weighted by molar-refractivity contribution is 0.368. The Morgan fingerprint density at radius 3 is 2.34 bits per heavy atom. The first-order valence-corrected chi connectivity index (χ1v) is 9.74. The second-order valence-electron chi connectivity index (χ2n) is 6.85. The minimum Gasteiger partial charge on any atom is -0.496 e. The summed E-state index contributed by atoms with van der Waals surface area (Å²) in [5.74, 6) is 2.86. The number of rotatable bonds is 7. The van der Waals surface area contributed by atoms with Crippen molar-refractivity contribution in [3.8, 4) is 17.2 Å². The number of anilines is 1. The second kappa shape index (κ2) is 9.91. The summed E-state index contributed by atoms with van der Waals surface area (Å²) >= 11 is 0. The number of benzene rings is 2. The predicted molar refractivity (Wildman–Crippen MR) is 116 cm³/mol. The monoisotopic (exact) mass is 398 g/mol. The summed E-state index contributed by atoms with van der Waals surface area (Å²) in [5.41, 5.74) is 2.17. The van der Waals surface area contributed by atoms with Gasteiger partial charge in [-0.3, -0.25) is 4.99 Å². The van der Waals surface area contributed by atoms with Gasteiger partial charge < -0.3 is 29.7 Å². The van der Waals surface area contributed by atoms with E-state index >= 15 is 0 Å². The Balaban J connectivity index is 1.62. The van der Waals surface area contributed by atoms with Crippen molar-refractivity contribution in [3.63, 3.8) is 0 Å². The molecule has 1 atom stereocenters. The number of aliphatic imine (C=N–C) groups is 1. The van der Waals surface area contributed by atoms with Gasteiger partial charge >= 0.3 is 0 Å². The fraction of sp³-hybridized carbons (Fsp3) is 0.409. The van der Waals surface area contributed by atoms with Crippen LogP contribution in [0.25, 0.3) is 0 Å². The zero-order chi connectivity index (χ0) is 20.6. The zero-order valence-corrected chi connectivity index (χ0v) is 17.6. The molecule has 156 valence electrons. The smallest absolute Gasteiger partial charge is 0.191 e. The Morgan fingerprint density at radius 2 is 1.76 bits per heavy atom. The minimum atomic E-state index is 0.334. The molecule has 0 radical (unpaired) electrons. The minimum absolute atomic E-state index is 0.334. The molecule has 1 unspecified atom stereocenters. The highest BCUT2D eigenvalue weighted by atomic mass is 16.5. The Bertz CT molecular complexity index is 801. The highest BCUT2D eigenvalue weighted by Crippen LogP contribution is 2.33. The first-order valence-electron chi connectivity index (χ1n) is 9.74. The molecule has 0 aliphatic carbocycles. The van der Waals surface area contributed by atoms with Crippen LogP contribution in [0.4, 0.5) is 5.69 Å². The number of nitrogens with one attached hydrogen (secondary N) is 2. The SMILES string of the molecule is CN=C(NCc1c(OC)cc(OC)cc1OC)NC1CCN(c2ccccc2)C1. The Morgan fingerprint density at radius 1 is 1.07 bits per heavy atom. The summed E-state index contributed by atoms with van der Waals surface area (Å²) < 4.78 is 16.4. The predicted octanol–water partition coefficient (Wildman–Crippen LogP) is 2.66. The first kappa shape index (κ1) is 20.6. The van der Waals surface area contributed by atoms with Crippen LogP contribution in [-0.4, -0.2) is 53.5 Å². The van der Waals surface area contributed by atoms with Gasteiger partial charge in [-0.2, -0.15) is 0 Å². The lowest BCUT2D eigenvalue weighted by Crippen LogP contribution is -2.44. The molecule has 7 heteroatoms. The normalized spacial score (nSPS) is 16.5. The summed E-state index contributed by atoms with van der Waals surface area (Å²) in [6.45, 7) is 2.49. The molecule has 2 aromatic carbocycles. The summed E-state index contributed by atoms with van der Waals surface area (Å²) in [7, 11) is 6.68. The van der Waals surface area contributed by atoms with Crippen molar-refractivity contribution >= 4 is 11.6 Å². The van der Waals surface area contributed by atoms with Crippen molar-refractivity contribution in [2.75, 3.05) is 46.4 Å². The molecule has 1 aliphatic heterocycles. The van der Waals surface area contributed by atoms with Gasteiger partial charge in [0, 0.05) is 44.0 Å². The van der Waals surface area contributed by atoms with E-state index in [4.69, 9.17) is 14.2 Å². The van der Waals surface area contributed by atoms with Crippen molar-refractivity contribution in [3.05, 3.63) is 48.0 Å². The molecule has 0 spiro atoms. The third-order valence-electron chi connectivity index (χ3n) is 5.12. The summed E-state index contributed by atoms with van der Waals surface area (Å²) in [6.07, 6.45) is 1.06. The van der Waals surface area contributed by atoms with Crippen LogP contribution in [0.5, 0.6) is 17.2 Å². The van der Waals surface area contributed by atoms with E-state index in [0.717, 1.165) is 31.0 Å². The average Bonchev–Trinajstić information content (AvgIpc) is 3.25. The maximum atomic E-state index is 5.53. The standard InChI is InChI=1S/C22H30N4O3/c1-23-22(25-16-10-11-26(15-16)17-8-6-5-7-9-17)24-14-19-20(28-3)12-18(27-2)13-21(19)29-4/h5-9,12-13,16H,10-11,14-15H2,1-4H3,(H2,23,24,25). The number of para-hydroxylation sites is 1. The molecule has 0 saturated carbocycles. The van der Waals surface area contributed by atoms with E-state index in [2.05, 4.69) is 44.8 Å². The van der Waals surface area contributed by atoms with Crippen LogP contribution in [0, 0.1) is 0 Å². The van der Waals surface area contributed by atoms with Gasteiger partial charge in [0.15, 0.2) is 5.96 Å². The Labute approximate surface area is 172 Å². The number of hydrogen-bond donors (Lipinski definition) is 2. The van der Waals surface area contributed by atoms with Crippen LogP contribution in [-0.2, 0) is 6.54 Å². The summed E-state index contributed by atoms with van der Waals surface area (Å²) in [6, 6.07) is 14.5. The molecular weight excluding hydrogens is 368 g/mol. The number of nitrogens with zero attached hydrogens (tertiary/aromatic N) is 2. The van der Waals surface area contributed by atoms with E-state index in [-0.39, 0.29) is 0 Å². The van der Waals surface area contributed by atoms with Crippen molar-refractivity contribution in [2.24, 2.45) is 4.99 Å². The molecule has 1 fully saturated rings. The molecule has 2 N–H and O–H groups in total. The number of guanidine groups is 1.